The van der Waals surface area contributed by atoms with Gasteiger partial charge in [0.1, 0.15) is 5.75 Å². The number of nitrogens with zero attached hydrogens (tertiary/aromatic N) is 2. The lowest BCUT2D eigenvalue weighted by atomic mass is 9.96. The van der Waals surface area contributed by atoms with Gasteiger partial charge in [-0.25, -0.2) is 4.79 Å². The van der Waals surface area contributed by atoms with Crippen molar-refractivity contribution in [3.8, 4) is 5.75 Å². The molecule has 0 fully saturated rings. The number of carbonyl (C=O) groups is 2. The van der Waals surface area contributed by atoms with Crippen LogP contribution in [-0.2, 0) is 22.5 Å². The van der Waals surface area contributed by atoms with Crippen LogP contribution in [0.25, 0.3) is 10.9 Å². The van der Waals surface area contributed by atoms with Gasteiger partial charge >= 0.3 is 5.97 Å². The van der Waals surface area contributed by atoms with E-state index in [0.29, 0.717) is 39.5 Å². The number of anilines is 1. The molecule has 8 heteroatoms. The Kier molecular flexibility index (Phi) is 7.08. The van der Waals surface area contributed by atoms with Crippen LogP contribution in [0.4, 0.5) is 5.69 Å². The summed E-state index contributed by atoms with van der Waals surface area (Å²) in [5, 5.41) is 3.88. The molecule has 188 valence electrons. The third-order valence-corrected chi connectivity index (χ3v) is 6.72. The summed E-state index contributed by atoms with van der Waals surface area (Å²) < 4.78 is 11.2. The molecular weight excluding hydrogens is 490 g/mol. The van der Waals surface area contributed by atoms with Crippen LogP contribution in [0.5, 0.6) is 5.75 Å². The van der Waals surface area contributed by atoms with E-state index in [4.69, 9.17) is 26.1 Å². The Hall–Kier alpha value is -3.94. The highest BCUT2D eigenvalue weighted by molar-refractivity contribution is 6.32. The highest BCUT2D eigenvalue weighted by Crippen LogP contribution is 2.32. The molecule has 1 aromatic heterocycles. The van der Waals surface area contributed by atoms with Gasteiger partial charge in [0.05, 0.1) is 23.2 Å². The molecule has 1 unspecified atom stereocenters. The largest absolute Gasteiger partial charge is 0.495 e. The van der Waals surface area contributed by atoms with Gasteiger partial charge in [-0.05, 0) is 31.3 Å². The topological polar surface area (TPSA) is 80.8 Å². The Morgan fingerprint density at radius 2 is 1.81 bits per heavy atom. The van der Waals surface area contributed by atoms with Crippen LogP contribution in [0.3, 0.4) is 0 Å². The van der Waals surface area contributed by atoms with Crippen LogP contribution in [-0.4, -0.2) is 42.5 Å². The van der Waals surface area contributed by atoms with Crippen molar-refractivity contribution in [2.75, 3.05) is 26.0 Å². The van der Waals surface area contributed by atoms with Gasteiger partial charge in [-0.2, -0.15) is 0 Å². The molecule has 0 aliphatic carbocycles. The fourth-order valence-corrected chi connectivity index (χ4v) is 4.83. The Morgan fingerprint density at radius 1 is 1.05 bits per heavy atom. The number of rotatable bonds is 6. The maximum Gasteiger partial charge on any atom is 0.340 e. The van der Waals surface area contributed by atoms with Crippen molar-refractivity contribution in [2.45, 2.75) is 19.1 Å². The van der Waals surface area contributed by atoms with E-state index in [1.165, 1.54) is 7.11 Å². The van der Waals surface area contributed by atoms with Gasteiger partial charge in [-0.15, -0.1) is 0 Å². The monoisotopic (exact) mass is 515 g/mol. The van der Waals surface area contributed by atoms with Gasteiger partial charge in [0.2, 0.25) is 6.10 Å². The fourth-order valence-electron chi connectivity index (χ4n) is 4.58. The van der Waals surface area contributed by atoms with Gasteiger partial charge in [-0.3, -0.25) is 9.78 Å². The minimum atomic E-state index is -1.18. The fraction of sp³-hybridized carbons (Fsp3) is 0.207. The normalized spacial score (nSPS) is 14.0. The van der Waals surface area contributed by atoms with Crippen LogP contribution in [0.1, 0.15) is 33.3 Å². The third-order valence-electron chi connectivity index (χ3n) is 6.43. The highest BCUT2D eigenvalue weighted by Gasteiger charge is 2.30. The number of hydrogen-bond donors (Lipinski definition) is 1. The predicted octanol–water partition coefficient (Wildman–Crippen LogP) is 5.42. The van der Waals surface area contributed by atoms with Crippen molar-refractivity contribution in [1.82, 2.24) is 9.88 Å². The first-order valence-corrected chi connectivity index (χ1v) is 12.3. The van der Waals surface area contributed by atoms with E-state index in [9.17, 15) is 9.59 Å². The molecule has 3 aromatic carbocycles. The number of halogens is 1. The molecule has 1 N–H and O–H groups in total. The van der Waals surface area contributed by atoms with Crippen molar-refractivity contribution in [2.24, 2.45) is 0 Å². The van der Waals surface area contributed by atoms with E-state index in [2.05, 4.69) is 10.2 Å². The zero-order valence-electron chi connectivity index (χ0n) is 20.5. The Balaban J connectivity index is 1.51. The second-order valence-electron chi connectivity index (χ2n) is 8.95. The maximum absolute atomic E-state index is 13.8. The minimum absolute atomic E-state index is 0.354. The van der Waals surface area contributed by atoms with E-state index in [1.54, 1.807) is 42.5 Å². The quantitative estimate of drug-likeness (QED) is 0.345. The molecule has 1 atom stereocenters. The molecule has 1 aliphatic rings. The first-order valence-electron chi connectivity index (χ1n) is 11.9. The van der Waals surface area contributed by atoms with Crippen molar-refractivity contribution in [3.63, 3.8) is 0 Å². The zero-order valence-corrected chi connectivity index (χ0v) is 21.3. The van der Waals surface area contributed by atoms with E-state index in [0.717, 1.165) is 29.7 Å². The molecule has 5 rings (SSSR count). The molecule has 2 heterocycles. The second kappa shape index (κ2) is 10.6. The van der Waals surface area contributed by atoms with E-state index >= 15 is 0 Å². The molecule has 37 heavy (non-hydrogen) atoms. The lowest BCUT2D eigenvalue weighted by molar-refractivity contribution is -0.125. The van der Waals surface area contributed by atoms with E-state index in [-0.39, 0.29) is 0 Å². The lowest BCUT2D eigenvalue weighted by Crippen LogP contribution is -2.31. The van der Waals surface area contributed by atoms with Gasteiger partial charge in [0.15, 0.2) is 0 Å². The van der Waals surface area contributed by atoms with E-state index < -0.39 is 18.0 Å². The molecule has 4 aromatic rings. The number of ether oxygens (including phenoxy) is 2. The summed E-state index contributed by atoms with van der Waals surface area (Å²) in [6.07, 6.45) is -0.448. The van der Waals surface area contributed by atoms with Crippen LogP contribution in [0.2, 0.25) is 5.02 Å². The average Bonchev–Trinajstić information content (AvgIpc) is 2.91. The predicted molar refractivity (Wildman–Crippen MR) is 143 cm³/mol. The Bertz CT molecular complexity index is 1480. The summed E-state index contributed by atoms with van der Waals surface area (Å²) in [7, 11) is 3.52. The number of pyridine rings is 1. The minimum Gasteiger partial charge on any atom is -0.495 e. The molecular formula is C29H26ClN3O4. The molecule has 7 nitrogen and oxygen atoms in total. The van der Waals surface area contributed by atoms with Crippen molar-refractivity contribution in [3.05, 3.63) is 100 Å². The second-order valence-corrected chi connectivity index (χ2v) is 9.36. The summed E-state index contributed by atoms with van der Waals surface area (Å²) >= 11 is 6.24. The number of carbonyl (C=O) groups excluding carboxylic acids is 2. The van der Waals surface area contributed by atoms with Crippen molar-refractivity contribution < 1.29 is 19.1 Å². The standard InChI is InChI=1S/C29H26ClN3O4/c1-33-15-14-24-21(17-33)26(20-10-6-7-11-23(20)32-24)29(35)37-27(18-8-4-3-5-9-18)28(34)31-19-12-13-25(36-2)22(30)16-19/h3-13,16,27H,14-15,17H2,1-2H3,(H,31,34). The van der Waals surface area contributed by atoms with Gasteiger partial charge in [-0.1, -0.05) is 60.1 Å². The molecule has 0 saturated heterocycles. The van der Waals surface area contributed by atoms with Gasteiger partial charge < -0.3 is 19.7 Å². The Labute approximate surface area is 220 Å². The third kappa shape index (κ3) is 5.14. The number of para-hydroxylation sites is 1. The smallest absolute Gasteiger partial charge is 0.340 e. The number of esters is 1. The van der Waals surface area contributed by atoms with Crippen LogP contribution in [0.15, 0.2) is 72.8 Å². The first kappa shape index (κ1) is 24.7. The average molecular weight is 516 g/mol. The van der Waals surface area contributed by atoms with Gasteiger partial charge in [0.25, 0.3) is 5.91 Å². The number of hydrogen-bond acceptors (Lipinski definition) is 6. The number of methoxy groups -OCH3 is 1. The zero-order chi connectivity index (χ0) is 25.9. The van der Waals surface area contributed by atoms with Crippen LogP contribution < -0.4 is 10.1 Å². The molecule has 0 saturated carbocycles. The summed E-state index contributed by atoms with van der Waals surface area (Å²) in [5.74, 6) is -0.572. The summed E-state index contributed by atoms with van der Waals surface area (Å²) in [5.41, 5.74) is 3.92. The molecule has 0 radical (unpaired) electrons. The SMILES string of the molecule is COc1ccc(NC(=O)C(OC(=O)c2c3c(nc4ccccc24)CCN(C)C3)c2ccccc2)cc1Cl. The first-order chi connectivity index (χ1) is 17.9. The number of fused-ring (bicyclic) bond motifs is 2. The molecule has 1 amide bonds. The summed E-state index contributed by atoms with van der Waals surface area (Å²) in [6, 6.07) is 21.4. The number of nitrogens with one attached hydrogen (secondary N) is 1. The van der Waals surface area contributed by atoms with Crippen molar-refractivity contribution in [1.29, 1.82) is 0 Å². The molecule has 1 aliphatic heterocycles. The van der Waals surface area contributed by atoms with Crippen molar-refractivity contribution >= 4 is 40.1 Å². The van der Waals surface area contributed by atoms with E-state index in [1.807, 2.05) is 37.4 Å². The van der Waals surface area contributed by atoms with Gasteiger partial charge in [0, 0.05) is 47.4 Å². The van der Waals surface area contributed by atoms with Crippen LogP contribution in [0, 0.1) is 0 Å². The molecule has 0 bridgehead atoms. The Morgan fingerprint density at radius 3 is 2.57 bits per heavy atom. The summed E-state index contributed by atoms with van der Waals surface area (Å²) in [6.45, 7) is 1.43. The molecule has 0 spiro atoms. The maximum atomic E-state index is 13.8. The highest BCUT2D eigenvalue weighted by atomic mass is 35.5. The number of likely N-dealkylation sites (N-methyl/N-ethyl adjacent to an activating group) is 1. The number of aromatic nitrogens is 1. The lowest BCUT2D eigenvalue weighted by Gasteiger charge is -2.27. The number of benzene rings is 3. The van der Waals surface area contributed by atoms with Crippen LogP contribution >= 0.6 is 11.6 Å². The number of amides is 1. The summed E-state index contributed by atoms with van der Waals surface area (Å²) in [4.78, 5) is 34.2.